The highest BCUT2D eigenvalue weighted by Gasteiger charge is 2.48. The number of fused-ring (bicyclic) bond motifs is 3. The summed E-state index contributed by atoms with van der Waals surface area (Å²) in [6.45, 7) is 6.65. The molecule has 0 radical (unpaired) electrons. The van der Waals surface area contributed by atoms with Gasteiger partial charge in [-0.25, -0.2) is 4.98 Å². The lowest BCUT2D eigenvalue weighted by Gasteiger charge is -2.38. The maximum absolute atomic E-state index is 13.8. The van der Waals surface area contributed by atoms with E-state index in [9.17, 15) is 9.59 Å². The smallest absolute Gasteiger partial charge is 0.321 e. The molecule has 1 aliphatic heterocycles. The molecule has 2 atom stereocenters. The van der Waals surface area contributed by atoms with Crippen molar-refractivity contribution in [3.63, 3.8) is 0 Å². The van der Waals surface area contributed by atoms with Crippen LogP contribution in [0.3, 0.4) is 0 Å². The number of benzene rings is 2. The van der Waals surface area contributed by atoms with E-state index in [4.69, 9.17) is 14.5 Å². The average molecular weight is 436 g/mol. The van der Waals surface area contributed by atoms with Crippen molar-refractivity contribution in [3.8, 4) is 5.75 Å². The van der Waals surface area contributed by atoms with Crippen molar-refractivity contribution in [2.45, 2.75) is 33.2 Å². The van der Waals surface area contributed by atoms with Gasteiger partial charge in [0.1, 0.15) is 5.75 Å². The number of carbonyl (C=O) groups excluding carboxylic acids is 2. The standard InChI is InChI=1S/C25H29N3O4/c1-5-32-24(30)21-22(17-10-6-9-13-20(17)31-4)28-19-12-8-7-11-18(19)26-25(28)27(23(21)29)15-14-16(2)3/h6-13,16,21-22H,5,14-15H2,1-4H3. The van der Waals surface area contributed by atoms with Crippen LogP contribution in [-0.4, -0.2) is 41.7 Å². The first-order chi connectivity index (χ1) is 15.5. The lowest BCUT2D eigenvalue weighted by atomic mass is 9.88. The molecule has 0 N–H and O–H groups in total. The molecule has 2 aromatic carbocycles. The molecule has 0 bridgehead atoms. The Labute approximate surface area is 187 Å². The maximum Gasteiger partial charge on any atom is 0.321 e. The number of methoxy groups -OCH3 is 1. The summed E-state index contributed by atoms with van der Waals surface area (Å²) in [4.78, 5) is 33.5. The summed E-state index contributed by atoms with van der Waals surface area (Å²) in [7, 11) is 1.59. The number of ether oxygens (including phenoxy) is 2. The lowest BCUT2D eigenvalue weighted by Crippen LogP contribution is -2.50. The van der Waals surface area contributed by atoms with Crippen LogP contribution < -0.4 is 9.64 Å². The number of anilines is 1. The lowest BCUT2D eigenvalue weighted by molar-refractivity contribution is -0.153. The van der Waals surface area contributed by atoms with E-state index >= 15 is 0 Å². The normalized spacial score (nSPS) is 18.2. The predicted molar refractivity (Wildman–Crippen MR) is 123 cm³/mol. The number of nitrogens with zero attached hydrogens (tertiary/aromatic N) is 3. The second kappa shape index (κ2) is 9.02. The van der Waals surface area contributed by atoms with Gasteiger partial charge in [0.25, 0.3) is 0 Å². The molecule has 1 amide bonds. The number of imidazole rings is 1. The first-order valence-electron chi connectivity index (χ1n) is 11.1. The van der Waals surface area contributed by atoms with Gasteiger partial charge in [0.15, 0.2) is 5.92 Å². The van der Waals surface area contributed by atoms with Crippen molar-refractivity contribution in [3.05, 3.63) is 54.1 Å². The van der Waals surface area contributed by atoms with E-state index in [1.807, 2.05) is 53.1 Å². The second-order valence-electron chi connectivity index (χ2n) is 8.36. The van der Waals surface area contributed by atoms with Crippen molar-refractivity contribution < 1.29 is 19.1 Å². The number of para-hydroxylation sites is 3. The topological polar surface area (TPSA) is 73.7 Å². The average Bonchev–Trinajstić information content (AvgIpc) is 3.16. The van der Waals surface area contributed by atoms with Gasteiger partial charge in [-0.05, 0) is 37.5 Å². The zero-order valence-electron chi connectivity index (χ0n) is 18.9. The highest BCUT2D eigenvalue weighted by Crippen LogP contribution is 2.43. The van der Waals surface area contributed by atoms with Gasteiger partial charge in [-0.2, -0.15) is 0 Å². The van der Waals surface area contributed by atoms with Crippen LogP contribution in [0.4, 0.5) is 5.95 Å². The molecule has 0 fully saturated rings. The third-order valence-corrected chi connectivity index (χ3v) is 5.87. The van der Waals surface area contributed by atoms with Gasteiger partial charge in [0, 0.05) is 12.1 Å². The Hall–Kier alpha value is -3.35. The van der Waals surface area contributed by atoms with Crippen molar-refractivity contribution >= 4 is 28.9 Å². The predicted octanol–water partition coefficient (Wildman–Crippen LogP) is 4.21. The van der Waals surface area contributed by atoms with Gasteiger partial charge in [0.2, 0.25) is 11.9 Å². The molecule has 168 valence electrons. The minimum absolute atomic E-state index is 0.199. The summed E-state index contributed by atoms with van der Waals surface area (Å²) in [5.74, 6) is -0.307. The quantitative estimate of drug-likeness (QED) is 0.411. The highest BCUT2D eigenvalue weighted by molar-refractivity contribution is 6.08. The van der Waals surface area contributed by atoms with Crippen LogP contribution in [0, 0.1) is 11.8 Å². The molecule has 2 heterocycles. The molecule has 1 aliphatic rings. The fourth-order valence-electron chi connectivity index (χ4n) is 4.34. The third-order valence-electron chi connectivity index (χ3n) is 5.87. The molecule has 0 spiro atoms. The first-order valence-corrected chi connectivity index (χ1v) is 11.1. The summed E-state index contributed by atoms with van der Waals surface area (Å²) in [5, 5.41) is 0. The van der Waals surface area contributed by atoms with Crippen molar-refractivity contribution in [1.29, 1.82) is 0 Å². The van der Waals surface area contributed by atoms with Gasteiger partial charge in [-0.1, -0.05) is 44.2 Å². The van der Waals surface area contributed by atoms with Crippen LogP contribution in [0.2, 0.25) is 0 Å². The Bertz CT molecular complexity index is 1140. The van der Waals surface area contributed by atoms with E-state index in [-0.39, 0.29) is 12.5 Å². The largest absolute Gasteiger partial charge is 0.496 e. The number of hydrogen-bond acceptors (Lipinski definition) is 5. The Balaban J connectivity index is 1.99. The van der Waals surface area contributed by atoms with Crippen LogP contribution in [0.15, 0.2) is 48.5 Å². The Kier molecular flexibility index (Phi) is 6.17. The number of esters is 1. The molecule has 7 nitrogen and oxygen atoms in total. The number of amides is 1. The SMILES string of the molecule is CCOC(=O)C1C(=O)N(CCC(C)C)c2nc3ccccc3n2C1c1ccccc1OC. The fourth-order valence-corrected chi connectivity index (χ4v) is 4.34. The zero-order chi connectivity index (χ0) is 22.8. The Morgan fingerprint density at radius 2 is 1.84 bits per heavy atom. The molecule has 2 unspecified atom stereocenters. The minimum atomic E-state index is -1.04. The Morgan fingerprint density at radius 3 is 2.56 bits per heavy atom. The maximum atomic E-state index is 13.8. The highest BCUT2D eigenvalue weighted by atomic mass is 16.5. The molecule has 0 saturated heterocycles. The summed E-state index contributed by atoms with van der Waals surface area (Å²) in [6, 6.07) is 14.6. The fraction of sp³-hybridized carbons (Fsp3) is 0.400. The third kappa shape index (κ3) is 3.72. The van der Waals surface area contributed by atoms with Crippen LogP contribution in [0.5, 0.6) is 5.75 Å². The van der Waals surface area contributed by atoms with E-state index in [2.05, 4.69) is 13.8 Å². The molecule has 1 aromatic heterocycles. The van der Waals surface area contributed by atoms with E-state index in [0.29, 0.717) is 24.2 Å². The van der Waals surface area contributed by atoms with E-state index in [1.54, 1.807) is 18.9 Å². The van der Waals surface area contributed by atoms with E-state index < -0.39 is 17.9 Å². The molecule has 0 aliphatic carbocycles. The summed E-state index contributed by atoms with van der Waals surface area (Å²) < 4.78 is 13.0. The minimum Gasteiger partial charge on any atom is -0.496 e. The molecule has 0 saturated carbocycles. The van der Waals surface area contributed by atoms with Crippen LogP contribution in [-0.2, 0) is 14.3 Å². The van der Waals surface area contributed by atoms with Gasteiger partial charge < -0.3 is 14.0 Å². The van der Waals surface area contributed by atoms with Gasteiger partial charge in [-0.15, -0.1) is 0 Å². The van der Waals surface area contributed by atoms with Gasteiger partial charge >= 0.3 is 5.97 Å². The molecular formula is C25H29N3O4. The van der Waals surface area contributed by atoms with E-state index in [1.165, 1.54) is 0 Å². The first kappa shape index (κ1) is 21.9. The number of hydrogen-bond donors (Lipinski definition) is 0. The molecular weight excluding hydrogens is 406 g/mol. The van der Waals surface area contributed by atoms with E-state index in [0.717, 1.165) is 23.0 Å². The zero-order valence-corrected chi connectivity index (χ0v) is 18.9. The van der Waals surface area contributed by atoms with Crippen molar-refractivity contribution in [1.82, 2.24) is 9.55 Å². The molecule has 4 rings (SSSR count). The molecule has 32 heavy (non-hydrogen) atoms. The Morgan fingerprint density at radius 1 is 1.12 bits per heavy atom. The van der Waals surface area contributed by atoms with Crippen molar-refractivity contribution in [2.24, 2.45) is 11.8 Å². The van der Waals surface area contributed by atoms with Gasteiger partial charge in [-0.3, -0.25) is 14.5 Å². The molecule has 3 aromatic rings. The van der Waals surface area contributed by atoms with Crippen LogP contribution in [0.25, 0.3) is 11.0 Å². The van der Waals surface area contributed by atoms with Crippen LogP contribution >= 0.6 is 0 Å². The van der Waals surface area contributed by atoms with Gasteiger partial charge in [0.05, 0.1) is 30.8 Å². The number of carbonyl (C=O) groups is 2. The summed E-state index contributed by atoms with van der Waals surface area (Å²) >= 11 is 0. The monoisotopic (exact) mass is 435 g/mol. The molecule has 7 heteroatoms. The van der Waals surface area contributed by atoms with Crippen LogP contribution in [0.1, 0.15) is 38.8 Å². The number of aromatic nitrogens is 2. The summed E-state index contributed by atoms with van der Waals surface area (Å²) in [5.41, 5.74) is 2.37. The van der Waals surface area contributed by atoms with Crippen molar-refractivity contribution in [2.75, 3.05) is 25.2 Å². The number of rotatable bonds is 7. The summed E-state index contributed by atoms with van der Waals surface area (Å²) in [6.07, 6.45) is 0.795. The second-order valence-corrected chi connectivity index (χ2v) is 8.36.